The molecule has 8 nitrogen and oxygen atoms in total. The molecule has 0 spiro atoms. The van der Waals surface area contributed by atoms with Crippen LogP contribution < -0.4 is 10.1 Å². The third-order valence-electron chi connectivity index (χ3n) is 4.55. The van der Waals surface area contributed by atoms with Gasteiger partial charge in [0.2, 0.25) is 0 Å². The van der Waals surface area contributed by atoms with Crippen molar-refractivity contribution in [3.05, 3.63) is 59.7 Å². The molecule has 0 aliphatic carbocycles. The Morgan fingerprint density at radius 3 is 2.53 bits per heavy atom. The van der Waals surface area contributed by atoms with Gasteiger partial charge in [-0.2, -0.15) is 17.9 Å². The van der Waals surface area contributed by atoms with E-state index in [2.05, 4.69) is 17.9 Å². The van der Waals surface area contributed by atoms with E-state index in [4.69, 9.17) is 24.6 Å². The average Bonchev–Trinajstić information content (AvgIpc) is 2.81. The molecule has 0 heterocycles. The van der Waals surface area contributed by atoms with Crippen molar-refractivity contribution in [3.63, 3.8) is 0 Å². The second-order valence-electron chi connectivity index (χ2n) is 6.89. The topological polar surface area (TPSA) is 118 Å². The molecule has 2 N–H and O–H groups in total. The number of amides is 1. The first-order valence-electron chi connectivity index (χ1n) is 10.0. The molecular weight excluding hydrogens is 432 g/mol. The summed E-state index contributed by atoms with van der Waals surface area (Å²) < 4.78 is 16.5. The van der Waals surface area contributed by atoms with Gasteiger partial charge in [-0.25, -0.2) is 4.79 Å². The van der Waals surface area contributed by atoms with E-state index in [1.54, 1.807) is 48.5 Å². The Labute approximate surface area is 192 Å². The predicted molar refractivity (Wildman–Crippen MR) is 122 cm³/mol. The zero-order valence-electron chi connectivity index (χ0n) is 17.7. The fraction of sp³-hybridized carbons (Fsp3) is 0.348. The van der Waals surface area contributed by atoms with Crippen LogP contribution in [0.2, 0.25) is 0 Å². The van der Waals surface area contributed by atoms with Gasteiger partial charge >= 0.3 is 12.1 Å². The van der Waals surface area contributed by atoms with Gasteiger partial charge in [0.25, 0.3) is 0 Å². The van der Waals surface area contributed by atoms with E-state index >= 15 is 0 Å². The number of nitriles is 1. The molecule has 0 radical (unpaired) electrons. The van der Waals surface area contributed by atoms with Crippen molar-refractivity contribution in [3.8, 4) is 11.8 Å². The van der Waals surface area contributed by atoms with E-state index in [1.807, 2.05) is 13.0 Å². The number of hydrogen-bond acceptors (Lipinski definition) is 8. The van der Waals surface area contributed by atoms with Crippen molar-refractivity contribution in [1.82, 2.24) is 0 Å². The normalized spacial score (nSPS) is 12.2. The number of aliphatic hydroxyl groups is 1. The molecule has 0 bridgehead atoms. The monoisotopic (exact) mass is 458 g/mol. The van der Waals surface area contributed by atoms with Crippen molar-refractivity contribution in [2.24, 2.45) is 5.92 Å². The number of benzene rings is 2. The molecule has 0 fully saturated rings. The largest absolute Gasteiger partial charge is 0.491 e. The summed E-state index contributed by atoms with van der Waals surface area (Å²) >= 11 is 3.88. The lowest BCUT2D eigenvalue weighted by Gasteiger charge is -2.26. The van der Waals surface area contributed by atoms with Crippen molar-refractivity contribution < 1.29 is 28.9 Å². The highest BCUT2D eigenvalue weighted by atomic mass is 32.1. The maximum absolute atomic E-state index is 12.6. The van der Waals surface area contributed by atoms with Crippen molar-refractivity contribution >= 4 is 30.4 Å². The Kier molecular flexibility index (Phi) is 10.4. The van der Waals surface area contributed by atoms with Gasteiger partial charge < -0.3 is 19.3 Å². The van der Waals surface area contributed by atoms with E-state index in [0.29, 0.717) is 29.0 Å². The molecule has 170 valence electrons. The van der Waals surface area contributed by atoms with Gasteiger partial charge in [-0.05, 0) is 36.8 Å². The molecule has 0 saturated heterocycles. The van der Waals surface area contributed by atoms with Crippen LogP contribution in [0.4, 0.5) is 10.5 Å². The standard InChI is InChI=1S/C23H26N2O6S/c1-16(10-12-30-21(27)15-32)22(19-4-2-3-5-20(19)29-13-11-26)31-23(28)25-18-8-6-17(14-24)7-9-18/h2-9,16,22,26,32H,10-13,15H2,1H3,(H,25,28)/t16-,22+/m1/s1. The summed E-state index contributed by atoms with van der Waals surface area (Å²) in [7, 11) is 0. The first-order chi connectivity index (χ1) is 15.5. The van der Waals surface area contributed by atoms with Gasteiger partial charge in [-0.1, -0.05) is 25.1 Å². The number of anilines is 1. The van der Waals surface area contributed by atoms with Crippen LogP contribution in [0.5, 0.6) is 5.75 Å². The van der Waals surface area contributed by atoms with Crippen LogP contribution >= 0.6 is 12.6 Å². The molecule has 0 saturated carbocycles. The van der Waals surface area contributed by atoms with Crippen LogP contribution in [0.1, 0.15) is 30.6 Å². The van der Waals surface area contributed by atoms with Crippen molar-refractivity contribution in [2.45, 2.75) is 19.4 Å². The van der Waals surface area contributed by atoms with Crippen LogP contribution in [-0.4, -0.2) is 42.7 Å². The molecule has 0 aliphatic rings. The second kappa shape index (κ2) is 13.2. The van der Waals surface area contributed by atoms with Crippen molar-refractivity contribution in [2.75, 3.05) is 30.9 Å². The number of ether oxygens (including phenoxy) is 3. The number of aliphatic hydroxyl groups excluding tert-OH is 1. The number of carbonyl (C=O) groups is 2. The molecule has 2 aromatic rings. The Hall–Kier alpha value is -3.22. The molecule has 32 heavy (non-hydrogen) atoms. The first kappa shape index (κ1) is 25.0. The smallest absolute Gasteiger partial charge is 0.412 e. The molecule has 1 amide bonds. The van der Waals surface area contributed by atoms with E-state index in [0.717, 1.165) is 0 Å². The Morgan fingerprint density at radius 2 is 1.88 bits per heavy atom. The van der Waals surface area contributed by atoms with Gasteiger partial charge in [0, 0.05) is 17.2 Å². The van der Waals surface area contributed by atoms with Crippen LogP contribution in [0.15, 0.2) is 48.5 Å². The highest BCUT2D eigenvalue weighted by molar-refractivity contribution is 7.81. The minimum absolute atomic E-state index is 0.0147. The predicted octanol–water partition coefficient (Wildman–Crippen LogP) is 3.72. The fourth-order valence-electron chi connectivity index (χ4n) is 2.94. The molecule has 9 heteroatoms. The first-order valence-corrected chi connectivity index (χ1v) is 10.7. The van der Waals surface area contributed by atoms with E-state index < -0.39 is 18.2 Å². The van der Waals surface area contributed by atoms with Gasteiger partial charge in [-0.15, -0.1) is 0 Å². The molecule has 2 rings (SSSR count). The van der Waals surface area contributed by atoms with E-state index in [1.165, 1.54) is 0 Å². The van der Waals surface area contributed by atoms with Gasteiger partial charge in [0.15, 0.2) is 0 Å². The number of hydrogen-bond donors (Lipinski definition) is 3. The highest BCUT2D eigenvalue weighted by Crippen LogP contribution is 2.35. The summed E-state index contributed by atoms with van der Waals surface area (Å²) in [5, 5.41) is 20.7. The number of thiol groups is 1. The summed E-state index contributed by atoms with van der Waals surface area (Å²) in [6.45, 7) is 1.96. The highest BCUT2D eigenvalue weighted by Gasteiger charge is 2.27. The van der Waals surface area contributed by atoms with E-state index in [9.17, 15) is 9.59 Å². The minimum Gasteiger partial charge on any atom is -0.491 e. The summed E-state index contributed by atoms with van der Waals surface area (Å²) in [5.74, 6) is -0.187. The lowest BCUT2D eigenvalue weighted by Crippen LogP contribution is -2.24. The average molecular weight is 459 g/mol. The van der Waals surface area contributed by atoms with Crippen LogP contribution in [0.25, 0.3) is 0 Å². The maximum Gasteiger partial charge on any atom is 0.412 e. The van der Waals surface area contributed by atoms with Crippen LogP contribution in [0.3, 0.4) is 0 Å². The third-order valence-corrected chi connectivity index (χ3v) is 4.81. The third kappa shape index (κ3) is 7.80. The van der Waals surface area contributed by atoms with Crippen molar-refractivity contribution in [1.29, 1.82) is 5.26 Å². The quantitative estimate of drug-likeness (QED) is 0.347. The molecule has 0 aliphatic heterocycles. The van der Waals surface area contributed by atoms with E-state index in [-0.39, 0.29) is 31.5 Å². The lowest BCUT2D eigenvalue weighted by atomic mass is 9.94. The summed E-state index contributed by atoms with van der Waals surface area (Å²) in [6, 6.07) is 15.5. The molecule has 0 aromatic heterocycles. The number of esters is 1. The molecule has 0 unspecified atom stereocenters. The SMILES string of the molecule is C[C@H](CCOC(=O)CS)[C@H](OC(=O)Nc1ccc(C#N)cc1)c1ccccc1OCCO. The fourth-order valence-corrected chi connectivity index (χ4v) is 3.03. The molecule has 2 atom stereocenters. The Morgan fingerprint density at radius 1 is 1.16 bits per heavy atom. The summed E-state index contributed by atoms with van der Waals surface area (Å²) in [6.07, 6.45) is -0.961. The lowest BCUT2D eigenvalue weighted by molar-refractivity contribution is -0.141. The maximum atomic E-state index is 12.6. The van der Waals surface area contributed by atoms with Gasteiger partial charge in [0.1, 0.15) is 18.5 Å². The Balaban J connectivity index is 2.18. The molecular formula is C23H26N2O6S. The number of rotatable bonds is 11. The zero-order valence-corrected chi connectivity index (χ0v) is 18.6. The summed E-state index contributed by atoms with van der Waals surface area (Å²) in [4.78, 5) is 24.0. The number of nitrogens with one attached hydrogen (secondary N) is 1. The van der Waals surface area contributed by atoms with Gasteiger partial charge in [-0.3, -0.25) is 10.1 Å². The zero-order chi connectivity index (χ0) is 23.3. The number of nitrogens with zero attached hydrogens (tertiary/aromatic N) is 1. The number of para-hydroxylation sites is 1. The van der Waals surface area contributed by atoms with Crippen LogP contribution in [0, 0.1) is 17.2 Å². The minimum atomic E-state index is -0.710. The second-order valence-corrected chi connectivity index (χ2v) is 7.21. The van der Waals surface area contributed by atoms with Crippen LogP contribution in [-0.2, 0) is 14.3 Å². The summed E-state index contributed by atoms with van der Waals surface area (Å²) in [5.41, 5.74) is 1.58. The molecule has 2 aromatic carbocycles. The Bertz CT molecular complexity index is 929. The number of carbonyl (C=O) groups excluding carboxylic acids is 2. The van der Waals surface area contributed by atoms with Gasteiger partial charge in [0.05, 0.1) is 30.6 Å².